The van der Waals surface area contributed by atoms with E-state index in [9.17, 15) is 4.57 Å². The van der Waals surface area contributed by atoms with Crippen molar-refractivity contribution in [3.8, 4) is 0 Å². The molecule has 1 aromatic carbocycles. The van der Waals surface area contributed by atoms with Crippen LogP contribution in [-0.4, -0.2) is 32.2 Å². The van der Waals surface area contributed by atoms with Crippen molar-refractivity contribution in [1.82, 2.24) is 24.6 Å². The zero-order chi connectivity index (χ0) is 19.5. The molecule has 0 spiro atoms. The smallest absolute Gasteiger partial charge is 0.258 e. The summed E-state index contributed by atoms with van der Waals surface area (Å²) in [5.74, 6) is 0.569. The lowest BCUT2D eigenvalue weighted by Crippen LogP contribution is -2.17. The van der Waals surface area contributed by atoms with Gasteiger partial charge in [0.25, 0.3) is 8.18 Å². The molecule has 9 nitrogen and oxygen atoms in total. The van der Waals surface area contributed by atoms with Gasteiger partial charge in [0.2, 0.25) is 0 Å². The number of aromatic nitrogens is 4. The van der Waals surface area contributed by atoms with E-state index in [2.05, 4.69) is 27.0 Å². The molecular weight excluding hydrogens is 379 g/mol. The topological polar surface area (TPSA) is 117 Å². The second kappa shape index (κ2) is 8.36. The number of imidazole rings is 1. The normalized spacial score (nSPS) is 23.2. The first-order chi connectivity index (χ1) is 13.6. The molecule has 0 amide bonds. The molecule has 1 aliphatic heterocycles. The van der Waals surface area contributed by atoms with E-state index >= 15 is 0 Å². The molecule has 3 heterocycles. The first kappa shape index (κ1) is 19.0. The molecule has 3 aromatic rings. The van der Waals surface area contributed by atoms with Crippen LogP contribution in [0.15, 0.2) is 43.0 Å². The number of nitrogens with two attached hydrogens (primary N) is 1. The fourth-order valence-corrected chi connectivity index (χ4v) is 4.20. The van der Waals surface area contributed by atoms with Crippen molar-refractivity contribution in [1.29, 1.82) is 0 Å². The lowest BCUT2D eigenvalue weighted by molar-refractivity contribution is -0.0243. The van der Waals surface area contributed by atoms with Gasteiger partial charge in [0.1, 0.15) is 18.1 Å². The fraction of sp³-hybridized carbons (Fsp3) is 0.389. The van der Waals surface area contributed by atoms with Crippen molar-refractivity contribution >= 4 is 25.2 Å². The third-order valence-electron chi connectivity index (χ3n) is 4.79. The maximum Gasteiger partial charge on any atom is 0.258 e. The van der Waals surface area contributed by atoms with Crippen LogP contribution in [0.4, 0.5) is 5.82 Å². The summed E-state index contributed by atoms with van der Waals surface area (Å²) in [7, 11) is -2.34. The molecule has 0 aliphatic carbocycles. The Bertz CT molecular complexity index is 966. The number of fused-ring (bicyclic) bond motifs is 1. The molecule has 2 aromatic heterocycles. The van der Waals surface area contributed by atoms with Crippen LogP contribution in [0, 0.1) is 5.92 Å². The van der Waals surface area contributed by atoms with Crippen molar-refractivity contribution in [3.05, 3.63) is 48.5 Å². The minimum atomic E-state index is -2.34. The average molecular weight is 402 g/mol. The zero-order valence-corrected chi connectivity index (χ0v) is 16.5. The number of nitrogens with zero attached hydrogens (tertiary/aromatic N) is 4. The summed E-state index contributed by atoms with van der Waals surface area (Å²) in [5, 5.41) is 2.93. The molecule has 1 saturated heterocycles. The van der Waals surface area contributed by atoms with E-state index in [0.717, 1.165) is 12.0 Å². The zero-order valence-electron chi connectivity index (χ0n) is 15.5. The molecule has 10 heteroatoms. The van der Waals surface area contributed by atoms with Gasteiger partial charge in [-0.15, -0.1) is 0 Å². The first-order valence-electron chi connectivity index (χ1n) is 9.15. The Morgan fingerprint density at radius 2 is 2.14 bits per heavy atom. The first-order valence-corrected chi connectivity index (χ1v) is 10.5. The van der Waals surface area contributed by atoms with E-state index < -0.39 is 8.18 Å². The van der Waals surface area contributed by atoms with Crippen molar-refractivity contribution in [3.63, 3.8) is 0 Å². The standard InChI is InChI=1S/C18H23N6O3P/c1-12-7-14(9-26-28(25)23-8-13-5-3-2-4-6-13)27-18(12)24-11-22-15-16(19)20-10-21-17(15)24/h2-6,10-12,14,18,28H,7-9H2,1H3,(H,23,25)(H2,19,20,21)/t12-,14-,18+/m0/s1. The second-order valence-electron chi connectivity index (χ2n) is 6.88. The number of anilines is 1. The van der Waals surface area contributed by atoms with Crippen LogP contribution >= 0.6 is 8.18 Å². The van der Waals surface area contributed by atoms with Crippen molar-refractivity contribution in [2.45, 2.75) is 32.2 Å². The Balaban J connectivity index is 1.32. The quantitative estimate of drug-likeness (QED) is 0.579. The van der Waals surface area contributed by atoms with Crippen molar-refractivity contribution < 1.29 is 13.8 Å². The van der Waals surface area contributed by atoms with Gasteiger partial charge in [0.15, 0.2) is 11.5 Å². The van der Waals surface area contributed by atoms with E-state index in [0.29, 0.717) is 23.5 Å². The molecule has 4 atom stereocenters. The third kappa shape index (κ3) is 4.07. The van der Waals surface area contributed by atoms with E-state index in [-0.39, 0.29) is 24.9 Å². The fourth-order valence-electron chi connectivity index (χ4n) is 3.41. The van der Waals surface area contributed by atoms with Crippen molar-refractivity contribution in [2.24, 2.45) is 5.92 Å². The predicted molar refractivity (Wildman–Crippen MR) is 106 cm³/mol. The lowest BCUT2D eigenvalue weighted by Gasteiger charge is -2.17. The highest BCUT2D eigenvalue weighted by Gasteiger charge is 2.35. The summed E-state index contributed by atoms with van der Waals surface area (Å²) in [4.78, 5) is 12.5. The van der Waals surface area contributed by atoms with Gasteiger partial charge in [-0.25, -0.2) is 20.0 Å². The highest BCUT2D eigenvalue weighted by atomic mass is 31.1. The van der Waals surface area contributed by atoms with E-state index in [1.807, 2.05) is 34.9 Å². The number of rotatable bonds is 7. The minimum absolute atomic E-state index is 0.149. The van der Waals surface area contributed by atoms with Crippen LogP contribution in [0.25, 0.3) is 11.2 Å². The second-order valence-corrected chi connectivity index (χ2v) is 8.10. The summed E-state index contributed by atoms with van der Waals surface area (Å²) in [6.45, 7) is 2.87. The molecule has 28 heavy (non-hydrogen) atoms. The summed E-state index contributed by atoms with van der Waals surface area (Å²) < 4.78 is 25.6. The largest absolute Gasteiger partial charge is 0.382 e. The molecule has 0 radical (unpaired) electrons. The van der Waals surface area contributed by atoms with Crippen LogP contribution in [0.1, 0.15) is 25.1 Å². The third-order valence-corrected chi connectivity index (χ3v) is 5.69. The van der Waals surface area contributed by atoms with Gasteiger partial charge in [-0.3, -0.25) is 9.13 Å². The van der Waals surface area contributed by atoms with Crippen LogP contribution in [0.5, 0.6) is 0 Å². The monoisotopic (exact) mass is 402 g/mol. The number of benzene rings is 1. The number of ether oxygens (including phenoxy) is 1. The highest BCUT2D eigenvalue weighted by Crippen LogP contribution is 2.36. The van der Waals surface area contributed by atoms with Gasteiger partial charge in [0.05, 0.1) is 19.0 Å². The molecule has 3 N–H and O–H groups in total. The summed E-state index contributed by atoms with van der Waals surface area (Å²) in [6, 6.07) is 9.78. The van der Waals surface area contributed by atoms with E-state index in [1.54, 1.807) is 6.33 Å². The Morgan fingerprint density at radius 1 is 1.32 bits per heavy atom. The number of hydrogen-bond donors (Lipinski definition) is 2. The van der Waals surface area contributed by atoms with Gasteiger partial charge in [-0.2, -0.15) is 0 Å². The maximum atomic E-state index is 12.1. The molecule has 1 unspecified atom stereocenters. The van der Waals surface area contributed by atoms with E-state index in [1.165, 1.54) is 6.33 Å². The average Bonchev–Trinajstić information content (AvgIpc) is 3.29. The molecule has 4 rings (SSSR count). The number of nitrogens with one attached hydrogen (secondary N) is 1. The van der Waals surface area contributed by atoms with Gasteiger partial charge < -0.3 is 15.0 Å². The van der Waals surface area contributed by atoms with Crippen molar-refractivity contribution in [2.75, 3.05) is 12.3 Å². The number of nitrogen functional groups attached to an aromatic ring is 1. The Morgan fingerprint density at radius 3 is 2.96 bits per heavy atom. The SMILES string of the molecule is C[C@H]1C[C@@H](CO[PH](=O)NCc2ccccc2)O[C@H]1n1cnc2c(N)ncnc21. The molecule has 0 saturated carbocycles. The molecule has 148 valence electrons. The van der Waals surface area contributed by atoms with Gasteiger partial charge in [-0.05, 0) is 12.0 Å². The molecule has 1 aliphatic rings. The molecule has 0 bridgehead atoms. The minimum Gasteiger partial charge on any atom is -0.382 e. The summed E-state index contributed by atoms with van der Waals surface area (Å²) in [5.41, 5.74) is 8.12. The molecule has 1 fully saturated rings. The Labute approximate surface area is 163 Å². The predicted octanol–water partition coefficient (Wildman–Crippen LogP) is 2.53. The summed E-state index contributed by atoms with van der Waals surface area (Å²) in [6.07, 6.45) is 3.50. The van der Waals surface area contributed by atoms with Gasteiger partial charge in [0, 0.05) is 12.5 Å². The van der Waals surface area contributed by atoms with Crippen LogP contribution in [0.3, 0.4) is 0 Å². The van der Waals surface area contributed by atoms with Crippen LogP contribution in [-0.2, 0) is 20.4 Å². The Kier molecular flexibility index (Phi) is 5.68. The lowest BCUT2D eigenvalue weighted by atomic mass is 10.1. The highest BCUT2D eigenvalue weighted by molar-refractivity contribution is 7.36. The van der Waals surface area contributed by atoms with Crippen LogP contribution in [0.2, 0.25) is 0 Å². The van der Waals surface area contributed by atoms with Crippen LogP contribution < -0.4 is 10.8 Å². The van der Waals surface area contributed by atoms with Gasteiger partial charge in [-0.1, -0.05) is 37.3 Å². The van der Waals surface area contributed by atoms with Gasteiger partial charge >= 0.3 is 0 Å². The summed E-state index contributed by atoms with van der Waals surface area (Å²) >= 11 is 0. The Hall–Kier alpha value is -2.32. The van der Waals surface area contributed by atoms with E-state index in [4.69, 9.17) is 15.0 Å². The maximum absolute atomic E-state index is 12.1. The number of hydrogen-bond acceptors (Lipinski definition) is 7. The molecular formula is C18H23N6O3P.